The predicted octanol–water partition coefficient (Wildman–Crippen LogP) is 4.35. The van der Waals surface area contributed by atoms with Gasteiger partial charge in [-0.2, -0.15) is 0 Å². The highest BCUT2D eigenvalue weighted by Gasteiger charge is 2.21. The molecule has 0 unspecified atom stereocenters. The Balaban J connectivity index is 1.97. The van der Waals surface area contributed by atoms with Crippen LogP contribution < -0.4 is 0 Å². The Morgan fingerprint density at radius 3 is 2.76 bits per heavy atom. The third kappa shape index (κ3) is 1.42. The van der Waals surface area contributed by atoms with Crippen molar-refractivity contribution in [3.63, 3.8) is 0 Å². The minimum Gasteiger partial charge on any atom is -0.256 e. The highest BCUT2D eigenvalue weighted by Crippen LogP contribution is 2.40. The molecule has 0 amide bonds. The second kappa shape index (κ2) is 3.89. The number of aromatic nitrogens is 2. The van der Waals surface area contributed by atoms with Crippen LogP contribution in [0.3, 0.4) is 0 Å². The van der Waals surface area contributed by atoms with Crippen LogP contribution in [-0.4, -0.2) is 9.97 Å². The lowest BCUT2D eigenvalue weighted by molar-refractivity contribution is 1.27. The summed E-state index contributed by atoms with van der Waals surface area (Å²) >= 11 is 0. The van der Waals surface area contributed by atoms with Crippen LogP contribution in [0, 0.1) is 0 Å². The van der Waals surface area contributed by atoms with Gasteiger partial charge in [0.15, 0.2) is 0 Å². The van der Waals surface area contributed by atoms with Crippen molar-refractivity contribution in [2.24, 2.45) is 0 Å². The molecule has 2 nitrogen and oxygen atoms in total. The van der Waals surface area contributed by atoms with Crippen molar-refractivity contribution >= 4 is 21.8 Å². The van der Waals surface area contributed by atoms with E-state index in [0.717, 1.165) is 17.5 Å². The molecule has 0 atom stereocenters. The minimum absolute atomic E-state index is 0.972. The van der Waals surface area contributed by atoms with Gasteiger partial charge in [0.05, 0.1) is 11.0 Å². The molecule has 0 radical (unpaired) electrons. The largest absolute Gasteiger partial charge is 0.256 e. The Hall–Kier alpha value is -2.74. The molecule has 98 valence electrons. The molecule has 0 N–H and O–H groups in total. The van der Waals surface area contributed by atoms with Gasteiger partial charge in [-0.15, -0.1) is 0 Å². The van der Waals surface area contributed by atoms with Crippen LogP contribution in [-0.2, 0) is 6.42 Å². The maximum Gasteiger partial charge on any atom is 0.0799 e. The van der Waals surface area contributed by atoms with E-state index in [0.29, 0.717) is 0 Å². The van der Waals surface area contributed by atoms with Crippen LogP contribution in [0.1, 0.15) is 11.1 Å². The van der Waals surface area contributed by atoms with E-state index >= 15 is 0 Å². The van der Waals surface area contributed by atoms with E-state index in [1.54, 1.807) is 0 Å². The molecule has 2 aromatic carbocycles. The molecule has 5 rings (SSSR count). The summed E-state index contributed by atoms with van der Waals surface area (Å²) < 4.78 is 0. The molecule has 1 aliphatic carbocycles. The van der Waals surface area contributed by atoms with Crippen LogP contribution in [0.5, 0.6) is 0 Å². The molecule has 0 fully saturated rings. The van der Waals surface area contributed by atoms with Gasteiger partial charge < -0.3 is 0 Å². The fraction of sp³-hybridized carbons (Fsp3) is 0.0526. The molecule has 0 spiro atoms. The molecule has 2 heterocycles. The highest BCUT2D eigenvalue weighted by molar-refractivity contribution is 6.08. The average Bonchev–Trinajstić information content (AvgIpc) is 2.93. The SMILES string of the molecule is c1ccc2c(c1)Cc1c-2cnc2ccc3cccnc3c12. The van der Waals surface area contributed by atoms with E-state index in [9.17, 15) is 0 Å². The summed E-state index contributed by atoms with van der Waals surface area (Å²) in [5.41, 5.74) is 7.42. The quantitative estimate of drug-likeness (QED) is 0.390. The number of nitrogens with zero attached hydrogens (tertiary/aromatic N) is 2. The van der Waals surface area contributed by atoms with Gasteiger partial charge in [-0.25, -0.2) is 0 Å². The molecular weight excluding hydrogens is 256 g/mol. The highest BCUT2D eigenvalue weighted by atomic mass is 14.7. The van der Waals surface area contributed by atoms with Crippen LogP contribution in [0.4, 0.5) is 0 Å². The molecule has 2 aromatic heterocycles. The van der Waals surface area contributed by atoms with E-state index in [1.165, 1.54) is 33.0 Å². The maximum absolute atomic E-state index is 4.66. The van der Waals surface area contributed by atoms with Gasteiger partial charge in [-0.3, -0.25) is 9.97 Å². The standard InChI is InChI=1S/C19H12N2/c1-2-6-14-13(4-1)10-15-16(14)11-21-17-8-7-12-5-3-9-20-19(12)18(15)17/h1-9,11H,10H2. The molecule has 0 saturated heterocycles. The van der Waals surface area contributed by atoms with Crippen molar-refractivity contribution in [3.8, 4) is 11.1 Å². The van der Waals surface area contributed by atoms with Crippen LogP contribution in [0.2, 0.25) is 0 Å². The van der Waals surface area contributed by atoms with Crippen LogP contribution >= 0.6 is 0 Å². The molecule has 4 aromatic rings. The number of rotatable bonds is 0. The Labute approximate surface area is 122 Å². The van der Waals surface area contributed by atoms with Crippen molar-refractivity contribution in [3.05, 3.63) is 72.1 Å². The van der Waals surface area contributed by atoms with Gasteiger partial charge in [0.1, 0.15) is 0 Å². The third-order valence-electron chi connectivity index (χ3n) is 4.39. The van der Waals surface area contributed by atoms with Gasteiger partial charge in [-0.05, 0) is 35.2 Å². The van der Waals surface area contributed by atoms with Crippen molar-refractivity contribution in [2.45, 2.75) is 6.42 Å². The van der Waals surface area contributed by atoms with Gasteiger partial charge in [-0.1, -0.05) is 36.4 Å². The number of hydrogen-bond acceptors (Lipinski definition) is 2. The van der Waals surface area contributed by atoms with E-state index in [1.807, 2.05) is 18.5 Å². The summed E-state index contributed by atoms with van der Waals surface area (Å²) in [4.78, 5) is 9.27. The number of pyridine rings is 2. The second-order valence-electron chi connectivity index (χ2n) is 5.52. The number of hydrogen-bond donors (Lipinski definition) is 0. The number of fused-ring (bicyclic) bond motifs is 7. The first-order valence-corrected chi connectivity index (χ1v) is 7.15. The van der Waals surface area contributed by atoms with E-state index in [2.05, 4.69) is 52.4 Å². The van der Waals surface area contributed by atoms with Gasteiger partial charge in [0.2, 0.25) is 0 Å². The van der Waals surface area contributed by atoms with Gasteiger partial charge in [0, 0.05) is 28.7 Å². The lowest BCUT2D eigenvalue weighted by Crippen LogP contribution is -1.90. The zero-order chi connectivity index (χ0) is 13.8. The first-order chi connectivity index (χ1) is 10.4. The second-order valence-corrected chi connectivity index (χ2v) is 5.52. The van der Waals surface area contributed by atoms with Gasteiger partial charge in [0.25, 0.3) is 0 Å². The smallest absolute Gasteiger partial charge is 0.0799 e. The Kier molecular flexibility index (Phi) is 2.03. The van der Waals surface area contributed by atoms with Crippen molar-refractivity contribution in [1.29, 1.82) is 0 Å². The van der Waals surface area contributed by atoms with Crippen molar-refractivity contribution in [1.82, 2.24) is 9.97 Å². The average molecular weight is 268 g/mol. The molecule has 0 saturated carbocycles. The van der Waals surface area contributed by atoms with Crippen LogP contribution in [0.25, 0.3) is 32.9 Å². The molecule has 0 bridgehead atoms. The first kappa shape index (κ1) is 11.0. The Morgan fingerprint density at radius 2 is 1.76 bits per heavy atom. The summed E-state index contributed by atoms with van der Waals surface area (Å²) in [6.45, 7) is 0. The predicted molar refractivity (Wildman–Crippen MR) is 85.3 cm³/mol. The van der Waals surface area contributed by atoms with E-state index in [4.69, 9.17) is 0 Å². The lowest BCUT2D eigenvalue weighted by Gasteiger charge is -2.07. The van der Waals surface area contributed by atoms with Crippen molar-refractivity contribution in [2.75, 3.05) is 0 Å². The monoisotopic (exact) mass is 268 g/mol. The number of benzene rings is 2. The molecule has 1 aliphatic rings. The normalized spacial score (nSPS) is 12.6. The zero-order valence-electron chi connectivity index (χ0n) is 11.4. The molecule has 0 aliphatic heterocycles. The zero-order valence-corrected chi connectivity index (χ0v) is 11.4. The molecular formula is C19H12N2. The third-order valence-corrected chi connectivity index (χ3v) is 4.39. The van der Waals surface area contributed by atoms with E-state index in [-0.39, 0.29) is 0 Å². The Morgan fingerprint density at radius 1 is 0.810 bits per heavy atom. The minimum atomic E-state index is 0.972. The first-order valence-electron chi connectivity index (χ1n) is 7.15. The van der Waals surface area contributed by atoms with Crippen molar-refractivity contribution < 1.29 is 0 Å². The van der Waals surface area contributed by atoms with Gasteiger partial charge >= 0.3 is 0 Å². The summed E-state index contributed by atoms with van der Waals surface area (Å²) in [6.07, 6.45) is 4.85. The van der Waals surface area contributed by atoms with E-state index < -0.39 is 0 Å². The fourth-order valence-corrected chi connectivity index (χ4v) is 3.43. The van der Waals surface area contributed by atoms with Crippen LogP contribution in [0.15, 0.2) is 60.9 Å². The maximum atomic E-state index is 4.66. The molecule has 2 heteroatoms. The summed E-state index contributed by atoms with van der Waals surface area (Å²) in [7, 11) is 0. The fourth-order valence-electron chi connectivity index (χ4n) is 3.43. The summed E-state index contributed by atoms with van der Waals surface area (Å²) in [5.74, 6) is 0. The molecule has 21 heavy (non-hydrogen) atoms. The summed E-state index contributed by atoms with van der Waals surface area (Å²) in [6, 6.07) is 16.9. The lowest BCUT2D eigenvalue weighted by atomic mass is 10.0. The summed E-state index contributed by atoms with van der Waals surface area (Å²) in [5, 5.41) is 2.39. The Bertz CT molecular complexity index is 1020. The topological polar surface area (TPSA) is 25.8 Å².